The quantitative estimate of drug-likeness (QED) is 0.545. The zero-order valence-corrected chi connectivity index (χ0v) is 15.8. The molecule has 0 radical (unpaired) electrons. The fourth-order valence-corrected chi connectivity index (χ4v) is 3.36. The van der Waals surface area contributed by atoms with Crippen molar-refractivity contribution in [2.45, 2.75) is 13.0 Å². The smallest absolute Gasteiger partial charge is 0.274 e. The topological polar surface area (TPSA) is 75.9 Å². The normalized spacial score (nSPS) is 11.2. The molecular weight excluding hydrogens is 354 g/mol. The summed E-state index contributed by atoms with van der Waals surface area (Å²) >= 11 is 0. The van der Waals surface area contributed by atoms with Crippen molar-refractivity contribution < 1.29 is 4.79 Å². The van der Waals surface area contributed by atoms with Gasteiger partial charge in [0.25, 0.3) is 11.5 Å². The lowest BCUT2D eigenvalue weighted by atomic mass is 10.1. The fraction of sp³-hybridized carbons (Fsp3) is 0.190. The molecule has 4 aromatic rings. The van der Waals surface area contributed by atoms with Gasteiger partial charge in [0.1, 0.15) is 11.8 Å². The van der Waals surface area contributed by atoms with Gasteiger partial charge < -0.3 is 14.5 Å². The van der Waals surface area contributed by atoms with E-state index in [9.17, 15) is 9.59 Å². The molecule has 1 aromatic carbocycles. The maximum Gasteiger partial charge on any atom is 0.274 e. The molecule has 7 nitrogen and oxygen atoms in total. The van der Waals surface area contributed by atoms with Gasteiger partial charge >= 0.3 is 0 Å². The SMILES string of the molecule is C=CCCn1cc(-n2cnc3ccc(C(=O)N(C)C)cc32)c2cc[nH]c2c1=O. The molecule has 142 valence electrons. The number of aromatic amines is 1. The molecule has 1 amide bonds. The van der Waals surface area contributed by atoms with Gasteiger partial charge in [0.05, 0.1) is 16.7 Å². The molecule has 4 rings (SSSR count). The van der Waals surface area contributed by atoms with Crippen LogP contribution in [-0.4, -0.2) is 44.0 Å². The van der Waals surface area contributed by atoms with Gasteiger partial charge in [-0.3, -0.25) is 14.2 Å². The fourth-order valence-electron chi connectivity index (χ4n) is 3.36. The highest BCUT2D eigenvalue weighted by Crippen LogP contribution is 2.25. The number of carbonyl (C=O) groups is 1. The van der Waals surface area contributed by atoms with Crippen LogP contribution in [0.1, 0.15) is 16.8 Å². The number of pyridine rings is 1. The van der Waals surface area contributed by atoms with Crippen LogP contribution in [0.4, 0.5) is 0 Å². The number of aryl methyl sites for hydroxylation is 1. The number of nitrogens with zero attached hydrogens (tertiary/aromatic N) is 4. The first-order valence-corrected chi connectivity index (χ1v) is 9.02. The number of allylic oxidation sites excluding steroid dienone is 1. The first-order valence-electron chi connectivity index (χ1n) is 9.02. The van der Waals surface area contributed by atoms with Crippen LogP contribution < -0.4 is 5.56 Å². The lowest BCUT2D eigenvalue weighted by Gasteiger charge is -2.13. The Morgan fingerprint density at radius 2 is 2.14 bits per heavy atom. The van der Waals surface area contributed by atoms with Crippen molar-refractivity contribution in [2.24, 2.45) is 0 Å². The van der Waals surface area contributed by atoms with Crippen molar-refractivity contribution in [1.29, 1.82) is 0 Å². The van der Waals surface area contributed by atoms with E-state index in [2.05, 4.69) is 16.5 Å². The summed E-state index contributed by atoms with van der Waals surface area (Å²) in [6.07, 6.45) is 7.80. The molecule has 0 saturated heterocycles. The third-order valence-electron chi connectivity index (χ3n) is 4.81. The van der Waals surface area contributed by atoms with Crippen LogP contribution in [-0.2, 0) is 6.54 Å². The zero-order chi connectivity index (χ0) is 19.8. The third kappa shape index (κ3) is 2.81. The van der Waals surface area contributed by atoms with E-state index >= 15 is 0 Å². The molecule has 7 heteroatoms. The maximum absolute atomic E-state index is 12.7. The number of benzene rings is 1. The van der Waals surface area contributed by atoms with Gasteiger partial charge in [0, 0.05) is 44.0 Å². The Morgan fingerprint density at radius 3 is 2.89 bits per heavy atom. The lowest BCUT2D eigenvalue weighted by Crippen LogP contribution is -2.22. The van der Waals surface area contributed by atoms with Gasteiger partial charge in [-0.25, -0.2) is 4.98 Å². The van der Waals surface area contributed by atoms with Gasteiger partial charge in [0.15, 0.2) is 0 Å². The number of fused-ring (bicyclic) bond motifs is 2. The van der Waals surface area contributed by atoms with Gasteiger partial charge in [-0.2, -0.15) is 0 Å². The molecule has 3 aromatic heterocycles. The van der Waals surface area contributed by atoms with E-state index < -0.39 is 0 Å². The molecular formula is C21H21N5O2. The number of hydrogen-bond donors (Lipinski definition) is 1. The summed E-state index contributed by atoms with van der Waals surface area (Å²) in [5.74, 6) is -0.0719. The number of aromatic nitrogens is 4. The van der Waals surface area contributed by atoms with E-state index in [0.29, 0.717) is 24.0 Å². The first-order chi connectivity index (χ1) is 13.5. The number of hydrogen-bond acceptors (Lipinski definition) is 3. The molecule has 0 fully saturated rings. The van der Waals surface area contributed by atoms with E-state index in [-0.39, 0.29) is 11.5 Å². The molecule has 0 aliphatic heterocycles. The van der Waals surface area contributed by atoms with Crippen LogP contribution in [0.15, 0.2) is 60.4 Å². The van der Waals surface area contributed by atoms with Crippen molar-refractivity contribution in [1.82, 2.24) is 24.0 Å². The molecule has 0 atom stereocenters. The molecule has 0 aliphatic carbocycles. The largest absolute Gasteiger partial charge is 0.357 e. The minimum Gasteiger partial charge on any atom is -0.357 e. The van der Waals surface area contributed by atoms with E-state index in [1.165, 1.54) is 0 Å². The van der Waals surface area contributed by atoms with Crippen LogP contribution in [0.2, 0.25) is 0 Å². The molecule has 28 heavy (non-hydrogen) atoms. The van der Waals surface area contributed by atoms with E-state index in [1.54, 1.807) is 48.2 Å². The van der Waals surface area contributed by atoms with Gasteiger partial charge in [0.2, 0.25) is 0 Å². The van der Waals surface area contributed by atoms with Crippen molar-refractivity contribution >= 4 is 27.8 Å². The van der Waals surface area contributed by atoms with Crippen molar-refractivity contribution in [3.8, 4) is 5.69 Å². The van der Waals surface area contributed by atoms with E-state index in [1.807, 2.05) is 29.0 Å². The van der Waals surface area contributed by atoms with E-state index in [0.717, 1.165) is 22.1 Å². The summed E-state index contributed by atoms with van der Waals surface area (Å²) in [5.41, 5.74) is 3.48. The second-order valence-corrected chi connectivity index (χ2v) is 6.87. The number of imidazole rings is 1. The number of nitrogens with one attached hydrogen (secondary N) is 1. The van der Waals surface area contributed by atoms with Crippen molar-refractivity contribution in [2.75, 3.05) is 14.1 Å². The standard InChI is InChI=1S/C21H21N5O2/c1-4-5-10-25-12-18(15-8-9-22-19(15)21(25)28)26-13-23-16-7-6-14(11-17(16)26)20(27)24(2)3/h4,6-9,11-13,22H,1,5,10H2,2-3H3. The van der Waals surface area contributed by atoms with Crippen LogP contribution in [0.3, 0.4) is 0 Å². The summed E-state index contributed by atoms with van der Waals surface area (Å²) < 4.78 is 3.60. The Hall–Kier alpha value is -3.61. The number of H-pyrrole nitrogens is 1. The molecule has 0 spiro atoms. The van der Waals surface area contributed by atoms with Crippen LogP contribution in [0, 0.1) is 0 Å². The lowest BCUT2D eigenvalue weighted by molar-refractivity contribution is 0.0827. The third-order valence-corrected chi connectivity index (χ3v) is 4.81. The Labute approximate surface area is 161 Å². The Bertz CT molecular complexity index is 1260. The zero-order valence-electron chi connectivity index (χ0n) is 15.8. The minimum absolute atomic E-state index is 0.0708. The van der Waals surface area contributed by atoms with Crippen molar-refractivity contribution in [3.05, 3.63) is 71.6 Å². The predicted molar refractivity (Wildman–Crippen MR) is 110 cm³/mol. The molecule has 3 heterocycles. The summed E-state index contributed by atoms with van der Waals surface area (Å²) in [6.45, 7) is 4.28. The highest BCUT2D eigenvalue weighted by atomic mass is 16.2. The highest BCUT2D eigenvalue weighted by Gasteiger charge is 2.15. The average Bonchev–Trinajstić information content (AvgIpc) is 3.34. The second-order valence-electron chi connectivity index (χ2n) is 6.87. The first kappa shape index (κ1) is 17.8. The van der Waals surface area contributed by atoms with Crippen LogP contribution in [0.25, 0.3) is 27.6 Å². The predicted octanol–water partition coefficient (Wildman–Crippen LogP) is 2.95. The second kappa shape index (κ2) is 6.84. The summed E-state index contributed by atoms with van der Waals surface area (Å²) in [5, 5.41) is 0.809. The number of carbonyl (C=O) groups excluding carboxylic acids is 1. The van der Waals surface area contributed by atoms with Gasteiger partial charge in [-0.1, -0.05) is 6.08 Å². The molecule has 0 bridgehead atoms. The van der Waals surface area contributed by atoms with Gasteiger partial charge in [-0.05, 0) is 30.7 Å². The van der Waals surface area contributed by atoms with Gasteiger partial charge in [-0.15, -0.1) is 6.58 Å². The Morgan fingerprint density at radius 1 is 1.32 bits per heavy atom. The number of amides is 1. The minimum atomic E-state index is -0.0719. The Kier molecular flexibility index (Phi) is 4.35. The molecule has 0 saturated carbocycles. The van der Waals surface area contributed by atoms with E-state index in [4.69, 9.17) is 0 Å². The molecule has 1 N–H and O–H groups in total. The summed E-state index contributed by atoms with van der Waals surface area (Å²) in [4.78, 5) is 34.2. The van der Waals surface area contributed by atoms with Crippen molar-refractivity contribution in [3.63, 3.8) is 0 Å². The summed E-state index contributed by atoms with van der Waals surface area (Å²) in [6, 6.07) is 7.33. The monoisotopic (exact) mass is 375 g/mol. The summed E-state index contributed by atoms with van der Waals surface area (Å²) in [7, 11) is 3.45. The Balaban J connectivity index is 1.96. The van der Waals surface area contributed by atoms with Crippen LogP contribution >= 0.6 is 0 Å². The molecule has 0 aliphatic rings. The molecule has 0 unspecified atom stereocenters. The maximum atomic E-state index is 12.7. The number of rotatable bonds is 5. The van der Waals surface area contributed by atoms with Crippen LogP contribution in [0.5, 0.6) is 0 Å². The highest BCUT2D eigenvalue weighted by molar-refractivity contribution is 5.98. The average molecular weight is 375 g/mol.